The van der Waals surface area contributed by atoms with Crippen LogP contribution in [0.25, 0.3) is 0 Å². The Morgan fingerprint density at radius 3 is 3.07 bits per heavy atom. The third kappa shape index (κ3) is 1.85. The molecule has 1 N–H and O–H groups in total. The highest BCUT2D eigenvalue weighted by atomic mass is 16.5. The highest BCUT2D eigenvalue weighted by Crippen LogP contribution is 2.12. The molecule has 4 nitrogen and oxygen atoms in total. The van der Waals surface area contributed by atoms with Gasteiger partial charge in [0.1, 0.15) is 6.26 Å². The van der Waals surface area contributed by atoms with Gasteiger partial charge in [0.15, 0.2) is 0 Å². The van der Waals surface area contributed by atoms with Crippen LogP contribution in [0.1, 0.15) is 24.2 Å². The lowest BCUT2D eigenvalue weighted by atomic mass is 10.2. The first-order chi connectivity index (χ1) is 6.75. The van der Waals surface area contributed by atoms with E-state index in [2.05, 4.69) is 5.16 Å². The molecule has 0 aliphatic carbocycles. The molecule has 0 aromatic carbocycles. The van der Waals surface area contributed by atoms with Crippen molar-refractivity contribution in [1.82, 2.24) is 9.72 Å². The van der Waals surface area contributed by atoms with Gasteiger partial charge in [-0.15, -0.1) is 0 Å². The summed E-state index contributed by atoms with van der Waals surface area (Å²) in [6.07, 6.45) is 6.72. The van der Waals surface area contributed by atoms with Crippen LogP contribution in [0.2, 0.25) is 0 Å². The number of hydrogen-bond donors (Lipinski definition) is 1. The third-order valence-electron chi connectivity index (χ3n) is 2.10. The summed E-state index contributed by atoms with van der Waals surface area (Å²) in [4.78, 5) is 0. The predicted molar refractivity (Wildman–Crippen MR) is 50.7 cm³/mol. The zero-order valence-electron chi connectivity index (χ0n) is 7.92. The molecular weight excluding hydrogens is 180 g/mol. The number of aliphatic hydroxyl groups excluding tert-OH is 1. The summed E-state index contributed by atoms with van der Waals surface area (Å²) in [7, 11) is 0. The maximum absolute atomic E-state index is 9.32. The van der Waals surface area contributed by atoms with E-state index in [1.807, 2.05) is 23.0 Å². The zero-order valence-corrected chi connectivity index (χ0v) is 7.92. The molecule has 14 heavy (non-hydrogen) atoms. The van der Waals surface area contributed by atoms with Crippen LogP contribution in [0.5, 0.6) is 0 Å². The smallest absolute Gasteiger partial charge is 0.128 e. The fraction of sp³-hybridized carbons (Fsp3) is 0.300. The Kier molecular flexibility index (Phi) is 2.37. The fourth-order valence-corrected chi connectivity index (χ4v) is 1.32. The van der Waals surface area contributed by atoms with Crippen LogP contribution in [0.3, 0.4) is 0 Å². The van der Waals surface area contributed by atoms with Crippen LogP contribution < -0.4 is 0 Å². The van der Waals surface area contributed by atoms with E-state index in [4.69, 9.17) is 4.52 Å². The quantitative estimate of drug-likeness (QED) is 0.803. The fourth-order valence-electron chi connectivity index (χ4n) is 1.32. The summed E-state index contributed by atoms with van der Waals surface area (Å²) < 4.78 is 6.71. The average molecular weight is 192 g/mol. The van der Waals surface area contributed by atoms with Gasteiger partial charge in [0, 0.05) is 18.0 Å². The minimum atomic E-state index is -0.418. The Hall–Kier alpha value is -1.55. The molecule has 0 radical (unpaired) electrons. The molecule has 0 fully saturated rings. The van der Waals surface area contributed by atoms with Gasteiger partial charge < -0.3 is 14.2 Å². The molecule has 2 heterocycles. The molecule has 1 unspecified atom stereocenters. The maximum atomic E-state index is 9.32. The number of aromatic nitrogens is 2. The van der Waals surface area contributed by atoms with Crippen LogP contribution in [-0.2, 0) is 6.54 Å². The van der Waals surface area contributed by atoms with Gasteiger partial charge >= 0.3 is 0 Å². The van der Waals surface area contributed by atoms with Crippen molar-refractivity contribution in [1.29, 1.82) is 0 Å². The molecule has 0 aliphatic rings. The first kappa shape index (κ1) is 9.02. The molecular formula is C10H12N2O2. The summed E-state index contributed by atoms with van der Waals surface area (Å²) in [5.41, 5.74) is 1.93. The molecule has 2 aromatic rings. The Bertz CT molecular complexity index is 390. The standard InChI is InChI=1S/C10H12N2O2/c1-8(13)10-2-3-12(6-10)5-9-4-11-14-7-9/h2-4,6-8,13H,5H2,1H3. The van der Waals surface area contributed by atoms with Crippen molar-refractivity contribution >= 4 is 0 Å². The van der Waals surface area contributed by atoms with Crippen molar-refractivity contribution < 1.29 is 9.63 Å². The molecule has 0 bridgehead atoms. The van der Waals surface area contributed by atoms with E-state index in [0.717, 1.165) is 17.7 Å². The van der Waals surface area contributed by atoms with Crippen molar-refractivity contribution in [2.45, 2.75) is 19.6 Å². The van der Waals surface area contributed by atoms with Crippen molar-refractivity contribution in [2.75, 3.05) is 0 Å². The van der Waals surface area contributed by atoms with Crippen LogP contribution in [0, 0.1) is 0 Å². The van der Waals surface area contributed by atoms with Gasteiger partial charge in [-0.05, 0) is 18.6 Å². The largest absolute Gasteiger partial charge is 0.389 e. The monoisotopic (exact) mass is 192 g/mol. The number of nitrogens with zero attached hydrogens (tertiary/aromatic N) is 2. The molecule has 0 amide bonds. The minimum absolute atomic E-state index is 0.418. The summed E-state index contributed by atoms with van der Waals surface area (Å²) in [6.45, 7) is 2.47. The van der Waals surface area contributed by atoms with E-state index in [9.17, 15) is 5.11 Å². The summed E-state index contributed by atoms with van der Waals surface area (Å²) >= 11 is 0. The van der Waals surface area contributed by atoms with Gasteiger partial charge in [0.25, 0.3) is 0 Å². The van der Waals surface area contributed by atoms with Crippen LogP contribution in [0.4, 0.5) is 0 Å². The van der Waals surface area contributed by atoms with Gasteiger partial charge in [0.2, 0.25) is 0 Å². The highest BCUT2D eigenvalue weighted by molar-refractivity contribution is 5.14. The molecule has 0 spiro atoms. The van der Waals surface area contributed by atoms with Crippen molar-refractivity contribution in [3.63, 3.8) is 0 Å². The predicted octanol–water partition coefficient (Wildman–Crippen LogP) is 1.58. The van der Waals surface area contributed by atoms with E-state index in [-0.39, 0.29) is 0 Å². The van der Waals surface area contributed by atoms with Crippen molar-refractivity contribution in [3.05, 3.63) is 42.0 Å². The van der Waals surface area contributed by atoms with Crippen LogP contribution >= 0.6 is 0 Å². The van der Waals surface area contributed by atoms with Crippen LogP contribution in [-0.4, -0.2) is 14.8 Å². The Morgan fingerprint density at radius 1 is 1.64 bits per heavy atom. The molecule has 1 atom stereocenters. The molecule has 2 rings (SSSR count). The Morgan fingerprint density at radius 2 is 2.50 bits per heavy atom. The topological polar surface area (TPSA) is 51.2 Å². The van der Waals surface area contributed by atoms with E-state index >= 15 is 0 Å². The lowest BCUT2D eigenvalue weighted by molar-refractivity contribution is 0.199. The SMILES string of the molecule is CC(O)c1ccn(Cc2cnoc2)c1. The minimum Gasteiger partial charge on any atom is -0.389 e. The Balaban J connectivity index is 2.11. The third-order valence-corrected chi connectivity index (χ3v) is 2.10. The van der Waals surface area contributed by atoms with Crippen LogP contribution in [0.15, 0.2) is 35.4 Å². The number of rotatable bonds is 3. The van der Waals surface area contributed by atoms with Gasteiger partial charge in [-0.1, -0.05) is 5.16 Å². The number of hydrogen-bond acceptors (Lipinski definition) is 3. The molecule has 4 heteroatoms. The second-order valence-corrected chi connectivity index (χ2v) is 3.33. The number of aliphatic hydroxyl groups is 1. The lowest BCUT2D eigenvalue weighted by Crippen LogP contribution is -1.95. The van der Waals surface area contributed by atoms with Gasteiger partial charge in [-0.2, -0.15) is 0 Å². The van der Waals surface area contributed by atoms with E-state index in [0.29, 0.717) is 0 Å². The summed E-state index contributed by atoms with van der Waals surface area (Å²) in [6, 6.07) is 1.90. The van der Waals surface area contributed by atoms with E-state index in [1.165, 1.54) is 0 Å². The lowest BCUT2D eigenvalue weighted by Gasteiger charge is -2.00. The Labute approximate surface area is 81.8 Å². The first-order valence-corrected chi connectivity index (χ1v) is 4.47. The van der Waals surface area contributed by atoms with E-state index in [1.54, 1.807) is 19.4 Å². The molecule has 74 valence electrons. The summed E-state index contributed by atoms with van der Waals surface area (Å²) in [5.74, 6) is 0. The highest BCUT2D eigenvalue weighted by Gasteiger charge is 2.03. The normalized spacial score (nSPS) is 13.0. The second-order valence-electron chi connectivity index (χ2n) is 3.33. The zero-order chi connectivity index (χ0) is 9.97. The maximum Gasteiger partial charge on any atom is 0.128 e. The van der Waals surface area contributed by atoms with Crippen molar-refractivity contribution in [3.8, 4) is 0 Å². The van der Waals surface area contributed by atoms with E-state index < -0.39 is 6.10 Å². The average Bonchev–Trinajstić information content (AvgIpc) is 2.75. The molecule has 2 aromatic heterocycles. The van der Waals surface area contributed by atoms with Gasteiger partial charge in [-0.25, -0.2) is 0 Å². The molecule has 0 aliphatic heterocycles. The van der Waals surface area contributed by atoms with Gasteiger partial charge in [-0.3, -0.25) is 0 Å². The second kappa shape index (κ2) is 3.67. The summed E-state index contributed by atoms with van der Waals surface area (Å²) in [5, 5.41) is 12.9. The molecule has 0 saturated heterocycles. The van der Waals surface area contributed by atoms with Gasteiger partial charge in [0.05, 0.1) is 18.8 Å². The van der Waals surface area contributed by atoms with Crippen molar-refractivity contribution in [2.24, 2.45) is 0 Å². The molecule has 0 saturated carbocycles. The first-order valence-electron chi connectivity index (χ1n) is 4.47.